The third-order valence-corrected chi connectivity index (χ3v) is 4.87. The molecule has 4 heteroatoms. The van der Waals surface area contributed by atoms with Crippen LogP contribution in [-0.2, 0) is 4.79 Å². The van der Waals surface area contributed by atoms with Crippen LogP contribution < -0.4 is 5.73 Å². The van der Waals surface area contributed by atoms with Gasteiger partial charge in [-0.3, -0.25) is 4.79 Å². The molecule has 1 aromatic rings. The van der Waals surface area contributed by atoms with Crippen molar-refractivity contribution in [1.82, 2.24) is 4.90 Å². The van der Waals surface area contributed by atoms with E-state index in [-0.39, 0.29) is 11.9 Å². The zero-order chi connectivity index (χ0) is 14.3. The first-order chi connectivity index (χ1) is 9.50. The highest BCUT2D eigenvalue weighted by Gasteiger charge is 2.47. The van der Waals surface area contributed by atoms with E-state index in [4.69, 9.17) is 17.3 Å². The predicted molar refractivity (Wildman–Crippen MR) is 80.5 cm³/mol. The molecule has 0 bridgehead atoms. The zero-order valence-electron chi connectivity index (χ0n) is 11.8. The van der Waals surface area contributed by atoms with Gasteiger partial charge in [-0.1, -0.05) is 23.7 Å². The normalized spacial score (nSPS) is 25.6. The van der Waals surface area contributed by atoms with Crippen molar-refractivity contribution in [2.24, 2.45) is 11.7 Å². The van der Waals surface area contributed by atoms with E-state index < -0.39 is 5.54 Å². The van der Waals surface area contributed by atoms with E-state index in [1.807, 2.05) is 36.1 Å². The van der Waals surface area contributed by atoms with Gasteiger partial charge in [-0.25, -0.2) is 0 Å². The summed E-state index contributed by atoms with van der Waals surface area (Å²) < 4.78 is 0. The fraction of sp³-hybridized carbons (Fsp3) is 0.562. The molecular formula is C16H21ClN2O. The van der Waals surface area contributed by atoms with Gasteiger partial charge >= 0.3 is 0 Å². The number of amides is 1. The number of nitrogens with zero attached hydrogens (tertiary/aromatic N) is 1. The smallest absolute Gasteiger partial charge is 0.243 e. The van der Waals surface area contributed by atoms with Gasteiger partial charge in [-0.15, -0.1) is 0 Å². The molecule has 20 heavy (non-hydrogen) atoms. The Labute approximate surface area is 125 Å². The van der Waals surface area contributed by atoms with Crippen molar-refractivity contribution in [2.75, 3.05) is 6.54 Å². The van der Waals surface area contributed by atoms with Crippen LogP contribution in [0.25, 0.3) is 0 Å². The van der Waals surface area contributed by atoms with E-state index in [0.717, 1.165) is 42.8 Å². The molecule has 1 aliphatic carbocycles. The number of benzene rings is 1. The number of nitrogens with two attached hydrogens (primary N) is 1. The van der Waals surface area contributed by atoms with Crippen molar-refractivity contribution in [3.63, 3.8) is 0 Å². The molecule has 2 N–H and O–H groups in total. The molecule has 2 unspecified atom stereocenters. The van der Waals surface area contributed by atoms with Crippen LogP contribution in [0.4, 0.5) is 0 Å². The van der Waals surface area contributed by atoms with Crippen LogP contribution >= 0.6 is 11.6 Å². The minimum absolute atomic E-state index is 0.0995. The van der Waals surface area contributed by atoms with Gasteiger partial charge in [0.15, 0.2) is 0 Å². The highest BCUT2D eigenvalue weighted by atomic mass is 35.5. The Kier molecular flexibility index (Phi) is 3.51. The van der Waals surface area contributed by atoms with Gasteiger partial charge in [0.1, 0.15) is 0 Å². The lowest BCUT2D eigenvalue weighted by atomic mass is 9.94. The molecule has 1 aromatic carbocycles. The standard InChI is InChI=1S/C16H21ClN2O/c1-16(18,12-7-8-12)15(20)19-9-3-6-14(19)11-4-2-5-13(17)10-11/h2,4-5,10,12,14H,3,6-9,18H2,1H3. The molecule has 0 radical (unpaired) electrons. The lowest BCUT2D eigenvalue weighted by molar-refractivity contribution is -0.138. The molecule has 3 rings (SSSR count). The molecule has 0 aromatic heterocycles. The number of hydrogen-bond acceptors (Lipinski definition) is 2. The molecule has 1 saturated carbocycles. The van der Waals surface area contributed by atoms with Gasteiger partial charge in [0.25, 0.3) is 0 Å². The summed E-state index contributed by atoms with van der Waals surface area (Å²) in [6.07, 6.45) is 4.18. The van der Waals surface area contributed by atoms with Crippen LogP contribution in [0.5, 0.6) is 0 Å². The Morgan fingerprint density at radius 1 is 1.40 bits per heavy atom. The van der Waals surface area contributed by atoms with Gasteiger partial charge < -0.3 is 10.6 Å². The topological polar surface area (TPSA) is 46.3 Å². The molecule has 1 aliphatic heterocycles. The minimum Gasteiger partial charge on any atom is -0.334 e. The fourth-order valence-corrected chi connectivity index (χ4v) is 3.44. The maximum absolute atomic E-state index is 12.8. The zero-order valence-corrected chi connectivity index (χ0v) is 12.6. The van der Waals surface area contributed by atoms with Gasteiger partial charge in [0.2, 0.25) is 5.91 Å². The molecule has 1 amide bonds. The highest BCUT2D eigenvalue weighted by molar-refractivity contribution is 6.30. The summed E-state index contributed by atoms with van der Waals surface area (Å²) in [6, 6.07) is 7.95. The van der Waals surface area contributed by atoms with Crippen LogP contribution in [0.2, 0.25) is 5.02 Å². The van der Waals surface area contributed by atoms with Gasteiger partial charge in [-0.2, -0.15) is 0 Å². The summed E-state index contributed by atoms with van der Waals surface area (Å²) in [5.41, 5.74) is 6.71. The number of likely N-dealkylation sites (tertiary alicyclic amines) is 1. The lowest BCUT2D eigenvalue weighted by Gasteiger charge is -2.33. The summed E-state index contributed by atoms with van der Waals surface area (Å²) in [7, 11) is 0. The first-order valence-electron chi connectivity index (χ1n) is 7.35. The van der Waals surface area contributed by atoms with Crippen molar-refractivity contribution in [1.29, 1.82) is 0 Å². The van der Waals surface area contributed by atoms with E-state index in [0.29, 0.717) is 5.92 Å². The SMILES string of the molecule is CC(N)(C(=O)N1CCCC1c1cccc(Cl)c1)C1CC1. The highest BCUT2D eigenvalue weighted by Crippen LogP contribution is 2.42. The van der Waals surface area contributed by atoms with E-state index >= 15 is 0 Å². The van der Waals surface area contributed by atoms with Gasteiger partial charge in [-0.05, 0) is 56.2 Å². The van der Waals surface area contributed by atoms with E-state index in [1.54, 1.807) is 0 Å². The first kappa shape index (κ1) is 13.9. The maximum Gasteiger partial charge on any atom is 0.243 e. The van der Waals surface area contributed by atoms with Crippen molar-refractivity contribution in [2.45, 2.75) is 44.2 Å². The van der Waals surface area contributed by atoms with Crippen LogP contribution in [0.3, 0.4) is 0 Å². The fourth-order valence-electron chi connectivity index (χ4n) is 3.24. The lowest BCUT2D eigenvalue weighted by Crippen LogP contribution is -2.54. The third kappa shape index (κ3) is 2.45. The van der Waals surface area contributed by atoms with Crippen molar-refractivity contribution >= 4 is 17.5 Å². The molecule has 2 atom stereocenters. The summed E-state index contributed by atoms with van der Waals surface area (Å²) in [5, 5.41) is 0.722. The van der Waals surface area contributed by atoms with Gasteiger partial charge in [0, 0.05) is 11.6 Å². The first-order valence-corrected chi connectivity index (χ1v) is 7.73. The van der Waals surface area contributed by atoms with Crippen LogP contribution in [0.15, 0.2) is 24.3 Å². The second kappa shape index (κ2) is 5.05. The molecule has 2 aliphatic rings. The molecule has 1 saturated heterocycles. The van der Waals surface area contributed by atoms with Crippen molar-refractivity contribution in [3.05, 3.63) is 34.9 Å². The Bertz CT molecular complexity index is 525. The molecular weight excluding hydrogens is 272 g/mol. The number of halogens is 1. The summed E-state index contributed by atoms with van der Waals surface area (Å²) in [6.45, 7) is 2.69. The molecule has 1 heterocycles. The second-order valence-corrected chi connectivity index (χ2v) is 6.70. The monoisotopic (exact) mass is 292 g/mol. The van der Waals surface area contributed by atoms with Crippen LogP contribution in [0.1, 0.15) is 44.2 Å². The number of carbonyl (C=O) groups is 1. The Hall–Kier alpha value is -1.06. The Morgan fingerprint density at radius 2 is 2.15 bits per heavy atom. The van der Waals surface area contributed by atoms with E-state index in [2.05, 4.69) is 0 Å². The summed E-state index contributed by atoms with van der Waals surface area (Å²) >= 11 is 6.07. The molecule has 2 fully saturated rings. The number of carbonyl (C=O) groups excluding carboxylic acids is 1. The predicted octanol–water partition coefficient (Wildman–Crippen LogP) is 3.13. The molecule has 0 spiro atoms. The molecule has 108 valence electrons. The van der Waals surface area contributed by atoms with E-state index in [1.165, 1.54) is 0 Å². The number of rotatable bonds is 3. The molecule has 3 nitrogen and oxygen atoms in total. The van der Waals surface area contributed by atoms with Gasteiger partial charge in [0.05, 0.1) is 11.6 Å². The summed E-state index contributed by atoms with van der Waals surface area (Å²) in [5.74, 6) is 0.457. The third-order valence-electron chi connectivity index (χ3n) is 4.63. The summed E-state index contributed by atoms with van der Waals surface area (Å²) in [4.78, 5) is 14.7. The van der Waals surface area contributed by atoms with Crippen molar-refractivity contribution in [3.8, 4) is 0 Å². The van der Waals surface area contributed by atoms with Crippen molar-refractivity contribution < 1.29 is 4.79 Å². The quantitative estimate of drug-likeness (QED) is 0.930. The number of hydrogen-bond donors (Lipinski definition) is 1. The Balaban J connectivity index is 1.83. The van der Waals surface area contributed by atoms with Crippen LogP contribution in [-0.4, -0.2) is 22.9 Å². The Morgan fingerprint density at radius 3 is 2.80 bits per heavy atom. The maximum atomic E-state index is 12.8. The second-order valence-electron chi connectivity index (χ2n) is 6.27. The largest absolute Gasteiger partial charge is 0.334 e. The average Bonchev–Trinajstić information content (AvgIpc) is 3.16. The van der Waals surface area contributed by atoms with Crippen LogP contribution in [0, 0.1) is 5.92 Å². The minimum atomic E-state index is -0.707. The average molecular weight is 293 g/mol. The van der Waals surface area contributed by atoms with E-state index in [9.17, 15) is 4.79 Å².